The first kappa shape index (κ1) is 27.9. The lowest BCUT2D eigenvalue weighted by atomic mass is 9.95. The van der Waals surface area contributed by atoms with Gasteiger partial charge in [-0.2, -0.15) is 0 Å². The van der Waals surface area contributed by atoms with Gasteiger partial charge in [-0.25, -0.2) is 0 Å². The van der Waals surface area contributed by atoms with Gasteiger partial charge in [-0.1, -0.05) is 24.3 Å². The number of hydrogen-bond donors (Lipinski definition) is 4. The van der Waals surface area contributed by atoms with E-state index in [0.29, 0.717) is 13.0 Å². The molecular weight excluding hydrogens is 486 g/mol. The second-order valence-electron chi connectivity index (χ2n) is 11.3. The molecule has 10 heteroatoms. The zero-order valence-corrected chi connectivity index (χ0v) is 23.4. The van der Waals surface area contributed by atoms with Crippen LogP contribution in [0.5, 0.6) is 0 Å². The third-order valence-corrected chi connectivity index (χ3v) is 10.5. The Bertz CT molecular complexity index is 1000. The second-order valence-corrected chi connectivity index (χ2v) is 15.2. The summed E-state index contributed by atoms with van der Waals surface area (Å²) in [6, 6.07) is 8.15. The third kappa shape index (κ3) is 7.48. The molecule has 204 valence electrons. The Hall–Kier alpha value is -2.11. The van der Waals surface area contributed by atoms with Crippen molar-refractivity contribution in [2.24, 2.45) is 11.8 Å². The standard InChI is InChI=1S/C27H43N5O4Si/c1-19-24(11-8-20-6-9-22(10-7-20)29-27(34)21-5-4-14-28-17-21)36-25(26(19)37(2,3)35)12-15-32-18-23(13-16-33)30-31-32/h6-7,9-10,18-19,21,24-26,28,33,35H,4-5,8,11-17H2,1-3H3,(H,29,34)/t19-,21?,24+,25-,26+/m1/s1. The van der Waals surface area contributed by atoms with Crippen molar-refractivity contribution in [3.05, 3.63) is 41.7 Å². The summed E-state index contributed by atoms with van der Waals surface area (Å²) in [5.41, 5.74) is 3.00. The zero-order chi connectivity index (χ0) is 26.4. The number of hydrogen-bond acceptors (Lipinski definition) is 7. The van der Waals surface area contributed by atoms with Crippen molar-refractivity contribution in [3.63, 3.8) is 0 Å². The molecular formula is C27H43N5O4Si. The molecule has 4 rings (SSSR count). The molecule has 0 bridgehead atoms. The molecule has 2 aromatic rings. The Labute approximate surface area is 221 Å². The number of piperidine rings is 1. The van der Waals surface area contributed by atoms with Crippen molar-refractivity contribution in [3.8, 4) is 0 Å². The van der Waals surface area contributed by atoms with Gasteiger partial charge in [0.2, 0.25) is 5.91 Å². The smallest absolute Gasteiger partial charge is 0.228 e. The van der Waals surface area contributed by atoms with Crippen LogP contribution in [0.4, 0.5) is 5.69 Å². The van der Waals surface area contributed by atoms with Gasteiger partial charge in [0.25, 0.3) is 0 Å². The fraction of sp³-hybridized carbons (Fsp3) is 0.667. The minimum absolute atomic E-state index is 0.0102. The largest absolute Gasteiger partial charge is 0.432 e. The van der Waals surface area contributed by atoms with E-state index in [1.54, 1.807) is 4.68 Å². The number of aliphatic hydroxyl groups excluding tert-OH is 1. The molecule has 2 aliphatic heterocycles. The number of nitrogens with one attached hydrogen (secondary N) is 2. The van der Waals surface area contributed by atoms with Gasteiger partial charge in [-0.3, -0.25) is 9.48 Å². The van der Waals surface area contributed by atoms with Crippen LogP contribution in [0.25, 0.3) is 0 Å². The lowest BCUT2D eigenvalue weighted by Crippen LogP contribution is -2.40. The predicted molar refractivity (Wildman–Crippen MR) is 146 cm³/mol. The first-order valence-corrected chi connectivity index (χ1v) is 16.7. The fourth-order valence-electron chi connectivity index (χ4n) is 6.00. The molecule has 37 heavy (non-hydrogen) atoms. The maximum Gasteiger partial charge on any atom is 0.228 e. The Morgan fingerprint density at radius 2 is 2.00 bits per heavy atom. The molecule has 2 saturated heterocycles. The summed E-state index contributed by atoms with van der Waals surface area (Å²) < 4.78 is 8.37. The highest BCUT2D eigenvalue weighted by Crippen LogP contribution is 2.45. The zero-order valence-electron chi connectivity index (χ0n) is 22.4. The molecule has 0 spiro atoms. The quantitative estimate of drug-likeness (QED) is 0.330. The van der Waals surface area contributed by atoms with E-state index in [1.165, 1.54) is 5.56 Å². The first-order valence-electron chi connectivity index (χ1n) is 13.7. The maximum atomic E-state index is 12.5. The first-order chi connectivity index (χ1) is 17.7. The van der Waals surface area contributed by atoms with Crippen LogP contribution in [0, 0.1) is 11.8 Å². The number of carbonyl (C=O) groups is 1. The monoisotopic (exact) mass is 529 g/mol. The number of benzene rings is 1. The summed E-state index contributed by atoms with van der Waals surface area (Å²) in [7, 11) is -2.43. The lowest BCUT2D eigenvalue weighted by Gasteiger charge is -2.30. The van der Waals surface area contributed by atoms with Crippen molar-refractivity contribution < 1.29 is 19.4 Å². The highest BCUT2D eigenvalue weighted by atomic mass is 28.4. The van der Waals surface area contributed by atoms with Crippen molar-refractivity contribution in [2.45, 2.75) is 82.8 Å². The van der Waals surface area contributed by atoms with E-state index in [9.17, 15) is 9.59 Å². The normalized spacial score (nSPS) is 26.4. The van der Waals surface area contributed by atoms with Crippen LogP contribution in [0.15, 0.2) is 30.5 Å². The van der Waals surface area contributed by atoms with Crippen molar-refractivity contribution in [1.82, 2.24) is 20.3 Å². The summed E-state index contributed by atoms with van der Waals surface area (Å²) in [5.74, 6) is 0.415. The van der Waals surface area contributed by atoms with Gasteiger partial charge < -0.3 is 25.3 Å². The van der Waals surface area contributed by atoms with Crippen LogP contribution in [0.1, 0.15) is 43.9 Å². The van der Waals surface area contributed by atoms with Crippen LogP contribution in [-0.4, -0.2) is 71.0 Å². The number of anilines is 1. The Balaban J connectivity index is 1.30. The Morgan fingerprint density at radius 3 is 2.68 bits per heavy atom. The van der Waals surface area contributed by atoms with E-state index >= 15 is 0 Å². The lowest BCUT2D eigenvalue weighted by molar-refractivity contribution is -0.120. The number of carbonyl (C=O) groups excluding carboxylic acids is 1. The Morgan fingerprint density at radius 1 is 1.22 bits per heavy atom. The average Bonchev–Trinajstić information content (AvgIpc) is 3.46. The van der Waals surface area contributed by atoms with E-state index in [-0.39, 0.29) is 42.1 Å². The summed E-state index contributed by atoms with van der Waals surface area (Å²) in [6.07, 6.45) is 6.99. The van der Waals surface area contributed by atoms with Crippen molar-refractivity contribution in [1.29, 1.82) is 0 Å². The average molecular weight is 530 g/mol. The highest BCUT2D eigenvalue weighted by Gasteiger charge is 2.49. The van der Waals surface area contributed by atoms with Gasteiger partial charge in [0.05, 0.1) is 23.8 Å². The molecule has 2 fully saturated rings. The number of aryl methyl sites for hydroxylation is 2. The highest BCUT2D eigenvalue weighted by molar-refractivity contribution is 6.71. The third-order valence-electron chi connectivity index (χ3n) is 7.92. The van der Waals surface area contributed by atoms with Gasteiger partial charge in [-0.05, 0) is 75.4 Å². The molecule has 0 saturated carbocycles. The summed E-state index contributed by atoms with van der Waals surface area (Å²) in [6.45, 7) is 8.72. The summed E-state index contributed by atoms with van der Waals surface area (Å²) >= 11 is 0. The van der Waals surface area contributed by atoms with E-state index < -0.39 is 8.32 Å². The number of aromatic nitrogens is 3. The van der Waals surface area contributed by atoms with E-state index in [1.807, 2.05) is 31.4 Å². The summed E-state index contributed by atoms with van der Waals surface area (Å²) in [5, 5.41) is 23.7. The van der Waals surface area contributed by atoms with Gasteiger partial charge >= 0.3 is 0 Å². The predicted octanol–water partition coefficient (Wildman–Crippen LogP) is 2.75. The van der Waals surface area contributed by atoms with Crippen LogP contribution >= 0.6 is 0 Å². The van der Waals surface area contributed by atoms with Crippen LogP contribution < -0.4 is 10.6 Å². The van der Waals surface area contributed by atoms with Crippen molar-refractivity contribution in [2.75, 3.05) is 25.0 Å². The molecule has 4 N–H and O–H groups in total. The molecule has 1 amide bonds. The number of ether oxygens (including phenoxy) is 1. The molecule has 3 heterocycles. The molecule has 0 aliphatic carbocycles. The molecule has 1 aromatic carbocycles. The fourth-order valence-corrected chi connectivity index (χ4v) is 8.66. The molecule has 5 atom stereocenters. The van der Waals surface area contributed by atoms with E-state index in [0.717, 1.165) is 56.6 Å². The van der Waals surface area contributed by atoms with Crippen LogP contribution in [0.3, 0.4) is 0 Å². The minimum atomic E-state index is -2.43. The number of rotatable bonds is 11. The number of nitrogens with zero attached hydrogens (tertiary/aromatic N) is 3. The van der Waals surface area contributed by atoms with E-state index in [4.69, 9.17) is 9.84 Å². The van der Waals surface area contributed by atoms with Gasteiger partial charge in [0.1, 0.15) is 0 Å². The van der Waals surface area contributed by atoms with E-state index in [2.05, 4.69) is 40.0 Å². The molecule has 1 unspecified atom stereocenters. The van der Waals surface area contributed by atoms with Crippen LogP contribution in [0.2, 0.25) is 18.6 Å². The maximum absolute atomic E-state index is 12.5. The second kappa shape index (κ2) is 12.6. The van der Waals surface area contributed by atoms with Gasteiger partial charge in [-0.15, -0.1) is 5.10 Å². The molecule has 9 nitrogen and oxygen atoms in total. The Kier molecular flexibility index (Phi) is 9.52. The van der Waals surface area contributed by atoms with Crippen molar-refractivity contribution >= 4 is 19.9 Å². The van der Waals surface area contributed by atoms with Gasteiger partial charge in [0.15, 0.2) is 8.32 Å². The molecule has 1 aromatic heterocycles. The summed E-state index contributed by atoms with van der Waals surface area (Å²) in [4.78, 5) is 23.6. The van der Waals surface area contributed by atoms with Gasteiger partial charge in [0, 0.05) is 43.5 Å². The number of aliphatic hydroxyl groups is 1. The SMILES string of the molecule is C[C@H]1[C@H]([Si](C)(C)O)[C@@H](CCn2cc(CCO)nn2)O[C@H]1CCc1ccc(NC(=O)C2CCCNC2)cc1. The topological polar surface area (TPSA) is 122 Å². The van der Waals surface area contributed by atoms with Crippen LogP contribution in [-0.2, 0) is 28.9 Å². The minimum Gasteiger partial charge on any atom is -0.432 e. The molecule has 0 radical (unpaired) electrons. The molecule has 2 aliphatic rings. The number of amides is 1.